The Morgan fingerprint density at radius 1 is 1.19 bits per heavy atom. The number of ketones is 1. The minimum atomic E-state index is -1.40. The number of nitrogens with zero attached hydrogens (tertiary/aromatic N) is 2. The van der Waals surface area contributed by atoms with Crippen LogP contribution in [0, 0.1) is 5.82 Å². The Kier molecular flexibility index (Phi) is 7.58. The summed E-state index contributed by atoms with van der Waals surface area (Å²) in [6.45, 7) is 0.658. The lowest BCUT2D eigenvalue weighted by atomic mass is 10.1. The second-order valence-corrected chi connectivity index (χ2v) is 9.18. The summed E-state index contributed by atoms with van der Waals surface area (Å²) in [5, 5.41) is 2.93. The third-order valence-corrected chi connectivity index (χ3v) is 6.64. The Hall–Kier alpha value is -3.79. The molecule has 194 valence electrons. The van der Waals surface area contributed by atoms with E-state index in [9.17, 15) is 28.0 Å². The van der Waals surface area contributed by atoms with Crippen LogP contribution >= 0.6 is 11.6 Å². The molecule has 1 aromatic heterocycles. The fourth-order valence-electron chi connectivity index (χ4n) is 4.48. The number of benzene rings is 2. The minimum absolute atomic E-state index is 0.0872. The van der Waals surface area contributed by atoms with E-state index in [2.05, 4.69) is 5.32 Å². The van der Waals surface area contributed by atoms with Crippen molar-refractivity contribution in [2.75, 3.05) is 13.7 Å². The molecule has 2 unspecified atom stereocenters. The first-order chi connectivity index (χ1) is 17.6. The molecule has 37 heavy (non-hydrogen) atoms. The SMILES string of the molecule is COC(=O)c1ccc2c(c1)c(C(C)=O)cn2CC(=O)N1CC(F)CC1C(=O)NCc1cccc(Cl)c1F. The van der Waals surface area contributed by atoms with Crippen LogP contribution in [-0.4, -0.2) is 58.9 Å². The van der Waals surface area contributed by atoms with E-state index in [1.807, 2.05) is 0 Å². The van der Waals surface area contributed by atoms with Gasteiger partial charge in [0.25, 0.3) is 0 Å². The number of hydrogen-bond acceptors (Lipinski definition) is 5. The van der Waals surface area contributed by atoms with Crippen LogP contribution in [0.4, 0.5) is 8.78 Å². The maximum absolute atomic E-state index is 14.3. The quantitative estimate of drug-likeness (QED) is 0.370. The Morgan fingerprint density at radius 2 is 1.95 bits per heavy atom. The first kappa shape index (κ1) is 26.3. The number of Topliss-reactive ketones (excluding diaryl/α,β-unsaturated/α-hetero) is 1. The Balaban J connectivity index is 1.54. The van der Waals surface area contributed by atoms with Crippen LogP contribution in [-0.2, 0) is 27.4 Å². The van der Waals surface area contributed by atoms with Crippen LogP contribution in [0.2, 0.25) is 5.02 Å². The predicted molar refractivity (Wildman–Crippen MR) is 132 cm³/mol. The zero-order valence-corrected chi connectivity index (χ0v) is 20.9. The molecule has 0 aliphatic carbocycles. The van der Waals surface area contributed by atoms with Crippen LogP contribution in [0.15, 0.2) is 42.6 Å². The van der Waals surface area contributed by atoms with E-state index in [-0.39, 0.29) is 48.0 Å². The van der Waals surface area contributed by atoms with E-state index in [0.29, 0.717) is 16.5 Å². The molecule has 1 saturated heterocycles. The van der Waals surface area contributed by atoms with Gasteiger partial charge >= 0.3 is 5.97 Å². The van der Waals surface area contributed by atoms with E-state index in [0.717, 1.165) is 4.90 Å². The molecule has 1 aliphatic rings. The van der Waals surface area contributed by atoms with Crippen molar-refractivity contribution in [2.24, 2.45) is 0 Å². The summed E-state index contributed by atoms with van der Waals surface area (Å²) in [6.07, 6.45) is -0.103. The Morgan fingerprint density at radius 3 is 2.65 bits per heavy atom. The standard InChI is InChI=1S/C26H24ClF2N3O5/c1-14(33)19-12-31(21-7-6-15(8-18(19)21)26(36)37-2)13-23(34)32-11-17(28)9-22(32)25(35)30-10-16-4-3-5-20(27)24(16)29/h3-8,12,17,22H,9-11,13H2,1-2H3,(H,30,35). The van der Waals surface area contributed by atoms with E-state index in [1.165, 1.54) is 49.1 Å². The molecule has 2 atom stereocenters. The van der Waals surface area contributed by atoms with Crippen molar-refractivity contribution < 1.29 is 32.7 Å². The van der Waals surface area contributed by atoms with Crippen LogP contribution in [0.5, 0.6) is 0 Å². The van der Waals surface area contributed by atoms with Crippen molar-refractivity contribution in [3.63, 3.8) is 0 Å². The average molecular weight is 532 g/mol. The number of aromatic nitrogens is 1. The topological polar surface area (TPSA) is 97.7 Å². The molecule has 2 aromatic carbocycles. The molecule has 8 nitrogen and oxygen atoms in total. The van der Waals surface area contributed by atoms with Gasteiger partial charge in [0.05, 0.1) is 24.2 Å². The van der Waals surface area contributed by atoms with Gasteiger partial charge in [0.1, 0.15) is 24.6 Å². The van der Waals surface area contributed by atoms with Crippen molar-refractivity contribution in [3.8, 4) is 0 Å². The number of hydrogen-bond donors (Lipinski definition) is 1. The Labute approximate surface area is 216 Å². The third-order valence-electron chi connectivity index (χ3n) is 6.34. The van der Waals surface area contributed by atoms with Crippen molar-refractivity contribution in [2.45, 2.75) is 38.6 Å². The predicted octanol–water partition coefficient (Wildman–Crippen LogP) is 3.68. The molecule has 0 bridgehead atoms. The van der Waals surface area contributed by atoms with Crippen LogP contribution in [0.3, 0.4) is 0 Å². The zero-order chi connectivity index (χ0) is 26.9. The summed E-state index contributed by atoms with van der Waals surface area (Å²) in [4.78, 5) is 51.4. The molecule has 0 saturated carbocycles. The van der Waals surface area contributed by atoms with Crippen molar-refractivity contribution >= 4 is 46.1 Å². The molecule has 3 aromatic rings. The summed E-state index contributed by atoms with van der Waals surface area (Å²) in [5.41, 5.74) is 1.22. The minimum Gasteiger partial charge on any atom is -0.465 e. The highest BCUT2D eigenvalue weighted by molar-refractivity contribution is 6.30. The van der Waals surface area contributed by atoms with Gasteiger partial charge in [0.15, 0.2) is 5.78 Å². The molecule has 0 spiro atoms. The molecular weight excluding hydrogens is 508 g/mol. The second kappa shape index (κ2) is 10.7. The number of likely N-dealkylation sites (tertiary alicyclic amines) is 1. The zero-order valence-electron chi connectivity index (χ0n) is 20.1. The van der Waals surface area contributed by atoms with Crippen LogP contribution < -0.4 is 5.32 Å². The van der Waals surface area contributed by atoms with Gasteiger partial charge in [-0.3, -0.25) is 14.4 Å². The number of amides is 2. The lowest BCUT2D eigenvalue weighted by Gasteiger charge is -2.24. The molecular formula is C26H24ClF2N3O5. The number of nitrogens with one attached hydrogen (secondary N) is 1. The number of esters is 1. The van der Waals surface area contributed by atoms with Gasteiger partial charge in [-0.25, -0.2) is 13.6 Å². The molecule has 1 N–H and O–H groups in total. The van der Waals surface area contributed by atoms with Gasteiger partial charge in [-0.15, -0.1) is 0 Å². The van der Waals surface area contributed by atoms with E-state index in [4.69, 9.17) is 16.3 Å². The maximum Gasteiger partial charge on any atom is 0.337 e. The van der Waals surface area contributed by atoms with Gasteiger partial charge < -0.3 is 19.5 Å². The van der Waals surface area contributed by atoms with Crippen molar-refractivity contribution in [3.05, 3.63) is 70.1 Å². The van der Waals surface area contributed by atoms with E-state index < -0.39 is 35.8 Å². The molecule has 2 amide bonds. The molecule has 4 rings (SSSR count). The van der Waals surface area contributed by atoms with Gasteiger partial charge in [-0.05, 0) is 31.2 Å². The summed E-state index contributed by atoms with van der Waals surface area (Å²) in [6, 6.07) is 7.92. The maximum atomic E-state index is 14.3. The second-order valence-electron chi connectivity index (χ2n) is 8.78. The first-order valence-electron chi connectivity index (χ1n) is 11.5. The molecule has 0 radical (unpaired) electrons. The highest BCUT2D eigenvalue weighted by atomic mass is 35.5. The summed E-state index contributed by atoms with van der Waals surface area (Å²) < 4.78 is 34.7. The highest BCUT2D eigenvalue weighted by Gasteiger charge is 2.39. The number of halogens is 3. The Bertz CT molecular complexity index is 1410. The van der Waals surface area contributed by atoms with Crippen LogP contribution in [0.25, 0.3) is 10.9 Å². The van der Waals surface area contributed by atoms with Gasteiger partial charge in [0.2, 0.25) is 11.8 Å². The number of rotatable bonds is 7. The summed E-state index contributed by atoms with van der Waals surface area (Å²) >= 11 is 5.77. The van der Waals surface area contributed by atoms with Gasteiger partial charge in [0, 0.05) is 41.2 Å². The number of carbonyl (C=O) groups is 4. The smallest absolute Gasteiger partial charge is 0.337 e. The first-order valence-corrected chi connectivity index (χ1v) is 11.8. The monoisotopic (exact) mass is 531 g/mol. The van der Waals surface area contributed by atoms with Crippen molar-refractivity contribution in [1.82, 2.24) is 14.8 Å². The number of methoxy groups -OCH3 is 1. The summed E-state index contributed by atoms with van der Waals surface area (Å²) in [7, 11) is 1.24. The number of carbonyl (C=O) groups excluding carboxylic acids is 4. The molecule has 1 fully saturated rings. The number of fused-ring (bicyclic) bond motifs is 1. The molecule has 11 heteroatoms. The normalized spacial score (nSPS) is 17.2. The average Bonchev–Trinajstić information content (AvgIpc) is 3.44. The van der Waals surface area contributed by atoms with Crippen molar-refractivity contribution in [1.29, 1.82) is 0 Å². The number of ether oxygens (including phenoxy) is 1. The highest BCUT2D eigenvalue weighted by Crippen LogP contribution is 2.26. The lowest BCUT2D eigenvalue weighted by molar-refractivity contribution is -0.139. The third kappa shape index (κ3) is 5.34. The van der Waals surface area contributed by atoms with Crippen LogP contribution in [0.1, 0.15) is 39.6 Å². The van der Waals surface area contributed by atoms with E-state index >= 15 is 0 Å². The van der Waals surface area contributed by atoms with Gasteiger partial charge in [-0.1, -0.05) is 23.7 Å². The summed E-state index contributed by atoms with van der Waals surface area (Å²) in [5.74, 6) is -2.65. The van der Waals surface area contributed by atoms with Gasteiger partial charge in [-0.2, -0.15) is 0 Å². The fraction of sp³-hybridized carbons (Fsp3) is 0.308. The lowest BCUT2D eigenvalue weighted by Crippen LogP contribution is -2.46. The largest absolute Gasteiger partial charge is 0.465 e. The number of alkyl halides is 1. The van der Waals surface area contributed by atoms with E-state index in [1.54, 1.807) is 12.1 Å². The molecule has 1 aliphatic heterocycles. The molecule has 2 heterocycles. The fourth-order valence-corrected chi connectivity index (χ4v) is 4.68.